The van der Waals surface area contributed by atoms with Crippen molar-refractivity contribution in [3.8, 4) is 0 Å². The summed E-state index contributed by atoms with van der Waals surface area (Å²) in [6.45, 7) is 5.11. The molecule has 164 valence electrons. The molecule has 4 rings (SSSR count). The van der Waals surface area contributed by atoms with Crippen molar-refractivity contribution in [2.45, 2.75) is 38.8 Å². The van der Waals surface area contributed by atoms with Gasteiger partial charge in [-0.25, -0.2) is 13.2 Å². The van der Waals surface area contributed by atoms with Gasteiger partial charge in [-0.15, -0.1) is 5.10 Å². The number of anilines is 1. The standard InChI is InChI=1S/C22H24F3N5O/c1-12(15-5-4-6-16(20(15)23)21(24)25)26-22-18-11-30(14-7-8-29(3)10-14)19(31)9-17(18)13(2)27-28-22/h4-6,9,11-12,14,21H,7-8,10H2,1-3H3,(H,26,28)/t12-,14?/m1/s1. The molecule has 0 bridgehead atoms. The van der Waals surface area contributed by atoms with Crippen LogP contribution in [0.25, 0.3) is 10.8 Å². The molecule has 1 unspecified atom stereocenters. The summed E-state index contributed by atoms with van der Waals surface area (Å²) in [4.78, 5) is 14.9. The first-order chi connectivity index (χ1) is 14.8. The first kappa shape index (κ1) is 21.3. The van der Waals surface area contributed by atoms with E-state index in [0.717, 1.165) is 25.6 Å². The molecule has 3 aromatic rings. The van der Waals surface area contributed by atoms with Gasteiger partial charge in [-0.1, -0.05) is 18.2 Å². The minimum atomic E-state index is -2.90. The Morgan fingerprint density at radius 1 is 1.19 bits per heavy atom. The van der Waals surface area contributed by atoms with Crippen LogP contribution >= 0.6 is 0 Å². The fourth-order valence-corrected chi connectivity index (χ4v) is 4.15. The van der Waals surface area contributed by atoms with Gasteiger partial charge in [0.1, 0.15) is 5.82 Å². The summed E-state index contributed by atoms with van der Waals surface area (Å²) in [5.74, 6) is -0.567. The lowest BCUT2D eigenvalue weighted by atomic mass is 10.0. The Balaban J connectivity index is 1.75. The molecular formula is C22H24F3N5O. The molecule has 0 saturated carbocycles. The third kappa shape index (κ3) is 4.01. The molecule has 0 aliphatic carbocycles. The van der Waals surface area contributed by atoms with E-state index in [2.05, 4.69) is 20.4 Å². The van der Waals surface area contributed by atoms with E-state index in [1.165, 1.54) is 12.1 Å². The van der Waals surface area contributed by atoms with Gasteiger partial charge in [-0.05, 0) is 33.9 Å². The van der Waals surface area contributed by atoms with Crippen molar-refractivity contribution in [1.82, 2.24) is 19.7 Å². The van der Waals surface area contributed by atoms with Gasteiger partial charge < -0.3 is 14.8 Å². The van der Waals surface area contributed by atoms with Crippen molar-refractivity contribution in [3.63, 3.8) is 0 Å². The second-order valence-electron chi connectivity index (χ2n) is 8.10. The Morgan fingerprint density at radius 2 is 1.94 bits per heavy atom. The molecule has 3 heterocycles. The molecule has 1 aliphatic heterocycles. The van der Waals surface area contributed by atoms with Crippen LogP contribution < -0.4 is 10.9 Å². The summed E-state index contributed by atoms with van der Waals surface area (Å²) in [6, 6.07) is 4.91. The van der Waals surface area contributed by atoms with Crippen LogP contribution in [0.15, 0.2) is 35.3 Å². The van der Waals surface area contributed by atoms with Gasteiger partial charge in [0.05, 0.1) is 23.3 Å². The lowest BCUT2D eigenvalue weighted by Gasteiger charge is -2.20. The van der Waals surface area contributed by atoms with Crippen molar-refractivity contribution >= 4 is 16.6 Å². The van der Waals surface area contributed by atoms with Gasteiger partial charge in [0, 0.05) is 35.1 Å². The molecular weight excluding hydrogens is 407 g/mol. The van der Waals surface area contributed by atoms with E-state index in [1.807, 2.05) is 7.05 Å². The predicted molar refractivity (Wildman–Crippen MR) is 113 cm³/mol. The van der Waals surface area contributed by atoms with Crippen LogP contribution in [0.2, 0.25) is 0 Å². The number of nitrogens with one attached hydrogen (secondary N) is 1. The number of pyridine rings is 1. The van der Waals surface area contributed by atoms with Crippen LogP contribution in [0.4, 0.5) is 19.0 Å². The number of aromatic nitrogens is 3. The molecule has 1 fully saturated rings. The number of fused-ring (bicyclic) bond motifs is 1. The molecule has 31 heavy (non-hydrogen) atoms. The van der Waals surface area contributed by atoms with Crippen molar-refractivity contribution in [2.75, 3.05) is 25.5 Å². The van der Waals surface area contributed by atoms with E-state index < -0.39 is 23.8 Å². The van der Waals surface area contributed by atoms with Crippen LogP contribution in [-0.4, -0.2) is 39.8 Å². The number of likely N-dealkylation sites (N-methyl/N-ethyl adjacent to an activating group) is 1. The third-order valence-corrected chi connectivity index (χ3v) is 5.90. The number of alkyl halides is 2. The molecule has 1 aliphatic rings. The van der Waals surface area contributed by atoms with Gasteiger partial charge in [-0.3, -0.25) is 4.79 Å². The number of nitrogens with zero attached hydrogens (tertiary/aromatic N) is 4. The van der Waals surface area contributed by atoms with Gasteiger partial charge >= 0.3 is 0 Å². The van der Waals surface area contributed by atoms with Crippen molar-refractivity contribution in [1.29, 1.82) is 0 Å². The van der Waals surface area contributed by atoms with E-state index in [1.54, 1.807) is 30.7 Å². The zero-order valence-electron chi connectivity index (χ0n) is 17.6. The molecule has 0 spiro atoms. The van der Waals surface area contributed by atoms with Crippen LogP contribution in [0.1, 0.15) is 48.7 Å². The normalized spacial score (nSPS) is 18.1. The van der Waals surface area contributed by atoms with Crippen LogP contribution in [0.5, 0.6) is 0 Å². The molecule has 1 aromatic carbocycles. The first-order valence-corrected chi connectivity index (χ1v) is 10.2. The average Bonchev–Trinajstić information content (AvgIpc) is 3.16. The highest BCUT2D eigenvalue weighted by atomic mass is 19.3. The van der Waals surface area contributed by atoms with Gasteiger partial charge in [0.25, 0.3) is 12.0 Å². The average molecular weight is 431 g/mol. The first-order valence-electron chi connectivity index (χ1n) is 10.2. The Bertz CT molecular complexity index is 1180. The van der Waals surface area contributed by atoms with Crippen molar-refractivity contribution in [3.05, 3.63) is 63.5 Å². The summed E-state index contributed by atoms with van der Waals surface area (Å²) in [5, 5.41) is 12.8. The Kier molecular flexibility index (Phi) is 5.70. The van der Waals surface area contributed by atoms with Gasteiger partial charge in [-0.2, -0.15) is 5.10 Å². The zero-order valence-corrected chi connectivity index (χ0v) is 17.6. The van der Waals surface area contributed by atoms with Gasteiger partial charge in [0.2, 0.25) is 0 Å². The maximum absolute atomic E-state index is 14.6. The SMILES string of the molecule is Cc1nnc(N[C@H](C)c2cccc(C(F)F)c2F)c2cn(C3CCN(C)C3)c(=O)cc12. The summed E-state index contributed by atoms with van der Waals surface area (Å²) >= 11 is 0. The van der Waals surface area contributed by atoms with E-state index in [0.29, 0.717) is 22.3 Å². The number of aryl methyl sites for hydroxylation is 1. The molecule has 2 atom stereocenters. The second kappa shape index (κ2) is 8.30. The molecule has 0 amide bonds. The molecule has 1 N–H and O–H groups in total. The maximum Gasteiger partial charge on any atom is 0.266 e. The quantitative estimate of drug-likeness (QED) is 0.655. The van der Waals surface area contributed by atoms with Crippen LogP contribution in [0.3, 0.4) is 0 Å². The highest BCUT2D eigenvalue weighted by molar-refractivity contribution is 5.92. The van der Waals surface area contributed by atoms with Crippen LogP contribution in [0, 0.1) is 12.7 Å². The summed E-state index contributed by atoms with van der Waals surface area (Å²) in [5.41, 5.74) is -0.0327. The molecule has 0 radical (unpaired) electrons. The predicted octanol–water partition coefficient (Wildman–Crippen LogP) is 4.23. The van der Waals surface area contributed by atoms with E-state index in [-0.39, 0.29) is 17.2 Å². The lowest BCUT2D eigenvalue weighted by Crippen LogP contribution is -2.26. The Hall–Kier alpha value is -2.94. The molecule has 2 aromatic heterocycles. The lowest BCUT2D eigenvalue weighted by molar-refractivity contribution is 0.146. The zero-order chi connectivity index (χ0) is 22.3. The summed E-state index contributed by atoms with van der Waals surface area (Å²) in [7, 11) is 2.01. The van der Waals surface area contributed by atoms with E-state index in [4.69, 9.17) is 0 Å². The highest BCUT2D eigenvalue weighted by Crippen LogP contribution is 2.31. The topological polar surface area (TPSA) is 63.1 Å². The monoisotopic (exact) mass is 431 g/mol. The fraction of sp³-hybridized carbons (Fsp3) is 0.409. The molecule has 1 saturated heterocycles. The minimum Gasteiger partial charge on any atom is -0.361 e. The number of likely N-dealkylation sites (tertiary alicyclic amines) is 1. The summed E-state index contributed by atoms with van der Waals surface area (Å²) in [6.07, 6.45) is -0.264. The largest absolute Gasteiger partial charge is 0.361 e. The number of rotatable bonds is 5. The van der Waals surface area contributed by atoms with Crippen molar-refractivity contribution in [2.24, 2.45) is 0 Å². The third-order valence-electron chi connectivity index (χ3n) is 5.90. The second-order valence-corrected chi connectivity index (χ2v) is 8.10. The summed E-state index contributed by atoms with van der Waals surface area (Å²) < 4.78 is 42.5. The van der Waals surface area contributed by atoms with Crippen LogP contribution in [-0.2, 0) is 0 Å². The smallest absolute Gasteiger partial charge is 0.266 e. The maximum atomic E-state index is 14.6. The molecule has 6 nitrogen and oxygen atoms in total. The number of benzene rings is 1. The van der Waals surface area contributed by atoms with Crippen molar-refractivity contribution < 1.29 is 13.2 Å². The fourth-order valence-electron chi connectivity index (χ4n) is 4.15. The van der Waals surface area contributed by atoms with Gasteiger partial charge in [0.15, 0.2) is 5.82 Å². The number of halogens is 3. The van der Waals surface area contributed by atoms with E-state index >= 15 is 0 Å². The van der Waals surface area contributed by atoms with E-state index in [9.17, 15) is 18.0 Å². The number of hydrogen-bond acceptors (Lipinski definition) is 5. The number of hydrogen-bond donors (Lipinski definition) is 1. The molecule has 9 heteroatoms. The highest BCUT2D eigenvalue weighted by Gasteiger charge is 2.24. The Labute approximate surface area is 177 Å². The Morgan fingerprint density at radius 3 is 2.61 bits per heavy atom. The minimum absolute atomic E-state index is 0.0563.